The fraction of sp³-hybridized carbons (Fsp3) is 0.474. The van der Waals surface area contributed by atoms with Crippen LogP contribution in [0.4, 0.5) is 0 Å². The second-order valence-corrected chi connectivity index (χ2v) is 8.31. The molecule has 2 aromatic rings. The third kappa shape index (κ3) is 6.07. The highest BCUT2D eigenvalue weighted by atomic mass is 32.2. The summed E-state index contributed by atoms with van der Waals surface area (Å²) in [7, 11) is -3.88. The molecule has 9 heteroatoms. The van der Waals surface area contributed by atoms with Crippen LogP contribution in [0.2, 0.25) is 0 Å². The summed E-state index contributed by atoms with van der Waals surface area (Å²) in [5, 5.41) is 6.36. The Morgan fingerprint density at radius 3 is 2.46 bits per heavy atom. The molecule has 0 unspecified atom stereocenters. The quantitative estimate of drug-likeness (QED) is 0.582. The number of hydrogen-bond acceptors (Lipinski definition) is 6. The number of carbonyl (C=O) groups excluding carboxylic acids is 1. The highest BCUT2D eigenvalue weighted by Crippen LogP contribution is 2.18. The lowest BCUT2D eigenvalue weighted by molar-refractivity contribution is -0.122. The van der Waals surface area contributed by atoms with Gasteiger partial charge in [0.05, 0.1) is 12.6 Å². The lowest BCUT2D eigenvalue weighted by Crippen LogP contribution is -2.45. The first kappa shape index (κ1) is 21.9. The summed E-state index contributed by atoms with van der Waals surface area (Å²) in [6, 6.07) is 6.90. The second-order valence-electron chi connectivity index (χ2n) is 6.66. The Hall–Kier alpha value is -2.39. The Morgan fingerprint density at radius 2 is 1.86 bits per heavy atom. The number of nitrogens with zero attached hydrogens (tertiary/aromatic N) is 1. The van der Waals surface area contributed by atoms with Crippen LogP contribution in [0.15, 0.2) is 33.7 Å². The van der Waals surface area contributed by atoms with E-state index in [9.17, 15) is 13.2 Å². The number of amides is 1. The van der Waals surface area contributed by atoms with E-state index in [1.165, 1.54) is 26.3 Å². The van der Waals surface area contributed by atoms with Crippen LogP contribution in [0.3, 0.4) is 0 Å². The van der Waals surface area contributed by atoms with Crippen molar-refractivity contribution in [2.24, 2.45) is 0 Å². The summed E-state index contributed by atoms with van der Waals surface area (Å²) in [5.41, 5.74) is 1.43. The van der Waals surface area contributed by atoms with Crippen LogP contribution >= 0.6 is 0 Å². The molecule has 0 spiro atoms. The number of nitrogens with one attached hydrogen (secondary N) is 2. The van der Waals surface area contributed by atoms with Crippen LogP contribution in [0, 0.1) is 20.8 Å². The maximum atomic E-state index is 12.4. The third-order valence-corrected chi connectivity index (χ3v) is 5.91. The third-order valence-electron chi connectivity index (χ3n) is 4.12. The van der Waals surface area contributed by atoms with Crippen LogP contribution in [-0.4, -0.2) is 38.7 Å². The molecule has 0 bridgehead atoms. The lowest BCUT2D eigenvalue weighted by atomic mass is 10.2. The molecule has 2 rings (SSSR count). The van der Waals surface area contributed by atoms with Gasteiger partial charge in [0.15, 0.2) is 5.76 Å². The van der Waals surface area contributed by atoms with Crippen LogP contribution in [0.5, 0.6) is 5.75 Å². The van der Waals surface area contributed by atoms with Crippen LogP contribution in [0.25, 0.3) is 0 Å². The minimum atomic E-state index is -3.88. The maximum absolute atomic E-state index is 12.4. The topological polar surface area (TPSA) is 111 Å². The van der Waals surface area contributed by atoms with Gasteiger partial charge in [-0.05, 0) is 52.7 Å². The first-order chi connectivity index (χ1) is 13.2. The SMILES string of the molecule is Cc1ccc(OCCCCNC(=O)[C@H](C)NS(=O)(=O)c2c(C)noc2C)cc1. The normalized spacial score (nSPS) is 12.6. The van der Waals surface area contributed by atoms with Crippen molar-refractivity contribution in [1.82, 2.24) is 15.2 Å². The molecule has 0 aliphatic heterocycles. The van der Waals surface area contributed by atoms with E-state index in [0.29, 0.717) is 13.2 Å². The van der Waals surface area contributed by atoms with E-state index in [1.807, 2.05) is 31.2 Å². The number of unbranched alkanes of at least 4 members (excludes halogenated alkanes) is 1. The summed E-state index contributed by atoms with van der Waals surface area (Å²) in [6.45, 7) is 7.54. The fourth-order valence-electron chi connectivity index (χ4n) is 2.62. The molecular weight excluding hydrogens is 382 g/mol. The van der Waals surface area contributed by atoms with Gasteiger partial charge >= 0.3 is 0 Å². The van der Waals surface area contributed by atoms with Gasteiger partial charge in [-0.15, -0.1) is 0 Å². The average molecular weight is 410 g/mol. The first-order valence-corrected chi connectivity index (χ1v) is 10.6. The summed E-state index contributed by atoms with van der Waals surface area (Å²) < 4.78 is 37.7. The van der Waals surface area contributed by atoms with E-state index in [-0.39, 0.29) is 16.3 Å². The molecule has 154 valence electrons. The van der Waals surface area contributed by atoms with Gasteiger partial charge in [0.1, 0.15) is 16.3 Å². The van der Waals surface area contributed by atoms with Crippen molar-refractivity contribution >= 4 is 15.9 Å². The Labute approximate surface area is 165 Å². The zero-order chi connectivity index (χ0) is 20.7. The number of hydrogen-bond donors (Lipinski definition) is 2. The summed E-state index contributed by atoms with van der Waals surface area (Å²) in [4.78, 5) is 12.1. The molecular formula is C19H27N3O5S. The number of benzene rings is 1. The Morgan fingerprint density at radius 1 is 1.18 bits per heavy atom. The van der Waals surface area contributed by atoms with Crippen molar-refractivity contribution in [1.29, 1.82) is 0 Å². The van der Waals surface area contributed by atoms with E-state index < -0.39 is 22.0 Å². The standard InChI is InChI=1S/C19H27N3O5S/c1-13-7-9-17(10-8-13)26-12-6-5-11-20-19(23)15(3)22-28(24,25)18-14(2)21-27-16(18)4/h7-10,15,22H,5-6,11-12H2,1-4H3,(H,20,23)/t15-/m0/s1. The molecule has 1 heterocycles. The highest BCUT2D eigenvalue weighted by molar-refractivity contribution is 7.89. The van der Waals surface area contributed by atoms with Gasteiger partial charge in [-0.25, -0.2) is 8.42 Å². The maximum Gasteiger partial charge on any atom is 0.246 e. The van der Waals surface area contributed by atoms with E-state index >= 15 is 0 Å². The number of rotatable bonds is 10. The van der Waals surface area contributed by atoms with Crippen LogP contribution in [-0.2, 0) is 14.8 Å². The summed E-state index contributed by atoms with van der Waals surface area (Å²) >= 11 is 0. The largest absolute Gasteiger partial charge is 0.494 e. The fourth-order valence-corrected chi connectivity index (χ4v) is 4.15. The molecule has 1 atom stereocenters. The molecule has 0 aliphatic rings. The number of aryl methyl sites for hydroxylation is 3. The van der Waals surface area contributed by atoms with Gasteiger partial charge < -0.3 is 14.6 Å². The smallest absolute Gasteiger partial charge is 0.246 e. The molecule has 8 nitrogen and oxygen atoms in total. The lowest BCUT2D eigenvalue weighted by Gasteiger charge is -2.14. The van der Waals surface area contributed by atoms with E-state index in [2.05, 4.69) is 15.2 Å². The number of sulfonamides is 1. The van der Waals surface area contributed by atoms with Crippen LogP contribution in [0.1, 0.15) is 36.8 Å². The highest BCUT2D eigenvalue weighted by Gasteiger charge is 2.27. The predicted molar refractivity (Wildman–Crippen MR) is 105 cm³/mol. The Balaban J connectivity index is 1.70. The molecule has 1 aromatic heterocycles. The Bertz CT molecular complexity index is 871. The molecule has 0 saturated carbocycles. The van der Waals surface area contributed by atoms with Crippen molar-refractivity contribution in [3.63, 3.8) is 0 Å². The van der Waals surface area contributed by atoms with Crippen molar-refractivity contribution in [2.45, 2.75) is 51.5 Å². The first-order valence-electron chi connectivity index (χ1n) is 9.13. The molecule has 2 N–H and O–H groups in total. The van der Waals surface area contributed by atoms with Crippen molar-refractivity contribution in [3.05, 3.63) is 41.3 Å². The molecule has 28 heavy (non-hydrogen) atoms. The van der Waals surface area contributed by atoms with Gasteiger partial charge in [-0.2, -0.15) is 4.72 Å². The number of aromatic nitrogens is 1. The molecule has 0 saturated heterocycles. The zero-order valence-corrected chi connectivity index (χ0v) is 17.4. The van der Waals surface area contributed by atoms with Crippen molar-refractivity contribution < 1.29 is 22.5 Å². The van der Waals surface area contributed by atoms with Crippen LogP contribution < -0.4 is 14.8 Å². The van der Waals surface area contributed by atoms with Crippen molar-refractivity contribution in [3.8, 4) is 5.75 Å². The molecule has 0 aliphatic carbocycles. The molecule has 1 amide bonds. The number of carbonyl (C=O) groups is 1. The molecule has 0 radical (unpaired) electrons. The average Bonchev–Trinajstić information content (AvgIpc) is 2.98. The molecule has 1 aromatic carbocycles. The van der Waals surface area contributed by atoms with E-state index in [4.69, 9.17) is 9.26 Å². The van der Waals surface area contributed by atoms with Gasteiger partial charge in [-0.1, -0.05) is 22.9 Å². The van der Waals surface area contributed by atoms with E-state index in [1.54, 1.807) is 0 Å². The van der Waals surface area contributed by atoms with Gasteiger partial charge in [0, 0.05) is 6.54 Å². The molecule has 0 fully saturated rings. The zero-order valence-electron chi connectivity index (χ0n) is 16.6. The van der Waals surface area contributed by atoms with Crippen molar-refractivity contribution in [2.75, 3.05) is 13.2 Å². The minimum Gasteiger partial charge on any atom is -0.494 e. The van der Waals surface area contributed by atoms with Gasteiger partial charge in [-0.3, -0.25) is 4.79 Å². The predicted octanol–water partition coefficient (Wildman–Crippen LogP) is 2.24. The monoisotopic (exact) mass is 409 g/mol. The second kappa shape index (κ2) is 9.70. The minimum absolute atomic E-state index is 0.0274. The number of ether oxygens (including phenoxy) is 1. The van der Waals surface area contributed by atoms with E-state index in [0.717, 1.165) is 18.6 Å². The van der Waals surface area contributed by atoms with Gasteiger partial charge in [0.2, 0.25) is 15.9 Å². The Kier molecular flexibility index (Phi) is 7.59. The summed E-state index contributed by atoms with van der Waals surface area (Å²) in [6.07, 6.45) is 1.49. The van der Waals surface area contributed by atoms with Gasteiger partial charge in [0.25, 0.3) is 0 Å². The summed E-state index contributed by atoms with van der Waals surface area (Å²) in [5.74, 6) is 0.609.